The predicted molar refractivity (Wildman–Crippen MR) is 118 cm³/mol. The predicted octanol–water partition coefficient (Wildman–Crippen LogP) is 2.66. The minimum atomic E-state index is -0.394. The van der Waals surface area contributed by atoms with Crippen LogP contribution in [0.4, 0.5) is 17.5 Å². The zero-order chi connectivity index (χ0) is 21.0. The Labute approximate surface area is 180 Å². The van der Waals surface area contributed by atoms with Crippen LogP contribution in [0.15, 0.2) is 61.1 Å². The van der Waals surface area contributed by atoms with Gasteiger partial charge in [-0.1, -0.05) is 24.3 Å². The van der Waals surface area contributed by atoms with Gasteiger partial charge in [-0.25, -0.2) is 15.0 Å². The van der Waals surface area contributed by atoms with Gasteiger partial charge in [0.1, 0.15) is 29.5 Å². The molecule has 1 amide bonds. The number of rotatable bonds is 4. The largest absolute Gasteiger partial charge is 0.480 e. The zero-order valence-electron chi connectivity index (χ0n) is 17.1. The smallest absolute Gasteiger partial charge is 0.263 e. The molecule has 158 valence electrons. The third-order valence-electron chi connectivity index (χ3n) is 5.68. The Hall–Kier alpha value is -3.68. The highest BCUT2D eigenvalue weighted by Gasteiger charge is 2.31. The van der Waals surface area contributed by atoms with E-state index in [1.54, 1.807) is 12.5 Å². The van der Waals surface area contributed by atoms with Gasteiger partial charge in [0.2, 0.25) is 0 Å². The number of anilines is 3. The van der Waals surface area contributed by atoms with Crippen LogP contribution in [-0.4, -0.2) is 58.0 Å². The van der Waals surface area contributed by atoms with Gasteiger partial charge in [-0.2, -0.15) is 0 Å². The molecule has 0 bridgehead atoms. The van der Waals surface area contributed by atoms with Crippen LogP contribution in [0.5, 0.6) is 5.75 Å². The summed E-state index contributed by atoms with van der Waals surface area (Å²) in [6.45, 7) is 2.73. The molecular formula is C23H24N6O2. The minimum Gasteiger partial charge on any atom is -0.480 e. The summed E-state index contributed by atoms with van der Waals surface area (Å²) in [5.74, 6) is 3.17. The van der Waals surface area contributed by atoms with E-state index in [1.165, 1.54) is 5.56 Å². The molecule has 4 heterocycles. The second-order valence-electron chi connectivity index (χ2n) is 7.67. The number of piperazine rings is 1. The minimum absolute atomic E-state index is 0.0781. The van der Waals surface area contributed by atoms with E-state index in [0.29, 0.717) is 18.9 Å². The van der Waals surface area contributed by atoms with Gasteiger partial charge < -0.3 is 19.9 Å². The second-order valence-corrected chi connectivity index (χ2v) is 7.67. The summed E-state index contributed by atoms with van der Waals surface area (Å²) < 4.78 is 5.99. The maximum atomic E-state index is 13.0. The van der Waals surface area contributed by atoms with Crippen LogP contribution in [0.2, 0.25) is 0 Å². The number of nitrogens with one attached hydrogen (secondary N) is 1. The molecule has 1 aromatic carbocycles. The molecule has 2 aliphatic rings. The van der Waals surface area contributed by atoms with E-state index in [2.05, 4.69) is 31.2 Å². The van der Waals surface area contributed by atoms with Crippen molar-refractivity contribution in [1.29, 1.82) is 0 Å². The molecular weight excluding hydrogens is 392 g/mol. The summed E-state index contributed by atoms with van der Waals surface area (Å²) in [5.41, 5.74) is 1.18. The summed E-state index contributed by atoms with van der Waals surface area (Å²) in [6, 6.07) is 15.5. The van der Waals surface area contributed by atoms with Gasteiger partial charge in [0.25, 0.3) is 5.91 Å². The fourth-order valence-corrected chi connectivity index (χ4v) is 4.01. The van der Waals surface area contributed by atoms with Crippen LogP contribution >= 0.6 is 0 Å². The summed E-state index contributed by atoms with van der Waals surface area (Å²) in [7, 11) is 0. The van der Waals surface area contributed by atoms with Crippen LogP contribution < -0.4 is 15.0 Å². The molecule has 2 aromatic heterocycles. The SMILES string of the molecule is O=C(C1CCc2ccccc2O1)N1CCN(c2cc(Nc3ccccn3)ncn2)CC1. The van der Waals surface area contributed by atoms with E-state index < -0.39 is 6.10 Å². The molecule has 0 saturated carbocycles. The number of para-hydroxylation sites is 1. The van der Waals surface area contributed by atoms with Crippen LogP contribution in [0.25, 0.3) is 0 Å². The topological polar surface area (TPSA) is 83.5 Å². The third kappa shape index (κ3) is 4.28. The van der Waals surface area contributed by atoms with E-state index >= 15 is 0 Å². The summed E-state index contributed by atoms with van der Waals surface area (Å²) in [4.78, 5) is 30.0. The molecule has 0 spiro atoms. The third-order valence-corrected chi connectivity index (χ3v) is 5.68. The number of hydrogen-bond acceptors (Lipinski definition) is 7. The maximum absolute atomic E-state index is 13.0. The maximum Gasteiger partial charge on any atom is 0.263 e. The first-order valence-electron chi connectivity index (χ1n) is 10.5. The number of amides is 1. The van der Waals surface area contributed by atoms with Gasteiger partial charge in [-0.3, -0.25) is 4.79 Å². The van der Waals surface area contributed by atoms with Gasteiger partial charge in [-0.15, -0.1) is 0 Å². The molecule has 8 nitrogen and oxygen atoms in total. The lowest BCUT2D eigenvalue weighted by Crippen LogP contribution is -2.53. The fourth-order valence-electron chi connectivity index (χ4n) is 4.01. The lowest BCUT2D eigenvalue weighted by molar-refractivity contribution is -0.139. The molecule has 1 saturated heterocycles. The number of hydrogen-bond donors (Lipinski definition) is 1. The lowest BCUT2D eigenvalue weighted by atomic mass is 10.0. The van der Waals surface area contributed by atoms with Crippen molar-refractivity contribution in [3.05, 3.63) is 66.6 Å². The Balaban J connectivity index is 1.19. The van der Waals surface area contributed by atoms with Gasteiger partial charge in [0.05, 0.1) is 0 Å². The van der Waals surface area contributed by atoms with Crippen LogP contribution in [-0.2, 0) is 11.2 Å². The first kappa shape index (κ1) is 19.3. The van der Waals surface area contributed by atoms with Crippen molar-refractivity contribution in [2.24, 2.45) is 0 Å². The number of nitrogens with zero attached hydrogens (tertiary/aromatic N) is 5. The summed E-state index contributed by atoms with van der Waals surface area (Å²) >= 11 is 0. The van der Waals surface area contributed by atoms with Crippen molar-refractivity contribution in [1.82, 2.24) is 19.9 Å². The van der Waals surface area contributed by atoms with Gasteiger partial charge in [0.15, 0.2) is 6.10 Å². The molecule has 1 fully saturated rings. The Morgan fingerprint density at radius 1 is 0.968 bits per heavy atom. The van der Waals surface area contributed by atoms with Crippen LogP contribution in [0.1, 0.15) is 12.0 Å². The van der Waals surface area contributed by atoms with Crippen molar-refractivity contribution in [3.8, 4) is 5.75 Å². The number of aromatic nitrogens is 3. The van der Waals surface area contributed by atoms with E-state index in [1.807, 2.05) is 47.4 Å². The number of carbonyl (C=O) groups is 1. The highest BCUT2D eigenvalue weighted by Crippen LogP contribution is 2.28. The van der Waals surface area contributed by atoms with Gasteiger partial charge in [0, 0.05) is 38.4 Å². The molecule has 0 radical (unpaired) electrons. The fraction of sp³-hybridized carbons (Fsp3) is 0.304. The van der Waals surface area contributed by atoms with E-state index in [9.17, 15) is 4.79 Å². The summed E-state index contributed by atoms with van der Waals surface area (Å²) in [6.07, 6.45) is 4.49. The van der Waals surface area contributed by atoms with Crippen molar-refractivity contribution in [2.75, 3.05) is 36.4 Å². The zero-order valence-corrected chi connectivity index (χ0v) is 17.1. The van der Waals surface area contributed by atoms with Crippen LogP contribution in [0, 0.1) is 0 Å². The Bertz CT molecular complexity index is 1050. The van der Waals surface area contributed by atoms with Crippen molar-refractivity contribution < 1.29 is 9.53 Å². The van der Waals surface area contributed by atoms with Crippen molar-refractivity contribution >= 4 is 23.4 Å². The second kappa shape index (κ2) is 8.59. The molecule has 3 aromatic rings. The molecule has 31 heavy (non-hydrogen) atoms. The van der Waals surface area contributed by atoms with Gasteiger partial charge in [-0.05, 0) is 36.6 Å². The number of ether oxygens (including phenoxy) is 1. The number of aryl methyl sites for hydroxylation is 1. The van der Waals surface area contributed by atoms with Gasteiger partial charge >= 0.3 is 0 Å². The normalized spacial score (nSPS) is 18.1. The monoisotopic (exact) mass is 416 g/mol. The first-order chi connectivity index (χ1) is 15.3. The highest BCUT2D eigenvalue weighted by molar-refractivity contribution is 5.82. The lowest BCUT2D eigenvalue weighted by Gasteiger charge is -2.37. The molecule has 1 unspecified atom stereocenters. The van der Waals surface area contributed by atoms with Crippen molar-refractivity contribution in [2.45, 2.75) is 18.9 Å². The van der Waals surface area contributed by atoms with Crippen LogP contribution in [0.3, 0.4) is 0 Å². The number of benzene rings is 1. The average molecular weight is 416 g/mol. The highest BCUT2D eigenvalue weighted by atomic mass is 16.5. The molecule has 0 aliphatic carbocycles. The standard InChI is InChI=1S/C23H24N6O2/c30-23(19-9-8-17-5-1-2-6-18(17)31-19)29-13-11-28(12-14-29)22-15-21(25-16-26-22)27-20-7-3-4-10-24-20/h1-7,10,15-16,19H,8-9,11-14H2,(H,24,25,26,27). The van der Waals surface area contributed by atoms with E-state index in [4.69, 9.17) is 4.74 Å². The Morgan fingerprint density at radius 3 is 2.65 bits per heavy atom. The Morgan fingerprint density at radius 2 is 1.81 bits per heavy atom. The molecule has 8 heteroatoms. The van der Waals surface area contributed by atoms with Crippen molar-refractivity contribution in [3.63, 3.8) is 0 Å². The average Bonchev–Trinajstić information content (AvgIpc) is 2.84. The van der Waals surface area contributed by atoms with E-state index in [0.717, 1.165) is 43.3 Å². The first-order valence-corrected chi connectivity index (χ1v) is 10.5. The van der Waals surface area contributed by atoms with E-state index in [-0.39, 0.29) is 5.91 Å². The Kier molecular flexibility index (Phi) is 5.35. The molecule has 5 rings (SSSR count). The number of pyridine rings is 1. The summed E-state index contributed by atoms with van der Waals surface area (Å²) in [5, 5.41) is 3.19. The number of fused-ring (bicyclic) bond motifs is 1. The molecule has 1 atom stereocenters. The molecule has 1 N–H and O–H groups in total. The number of carbonyl (C=O) groups excluding carboxylic acids is 1. The molecule has 2 aliphatic heterocycles. The quantitative estimate of drug-likeness (QED) is 0.700.